The van der Waals surface area contributed by atoms with Gasteiger partial charge in [-0.25, -0.2) is 18.7 Å². The maximum absolute atomic E-state index is 13.7. The quantitative estimate of drug-likeness (QED) is 0.144. The van der Waals surface area contributed by atoms with Crippen molar-refractivity contribution in [3.05, 3.63) is 59.8 Å². The van der Waals surface area contributed by atoms with E-state index >= 15 is 0 Å². The summed E-state index contributed by atoms with van der Waals surface area (Å²) >= 11 is 0. The number of halogens is 5. The van der Waals surface area contributed by atoms with E-state index in [4.69, 9.17) is 5.73 Å². The SMILES string of the molecule is CCc1cc(Nc2nccn3c(-c4cn(CC(F)F)nc4C(F)(F)F)cnc23)ccc1C(=O)NCCNC(=O)[C@H]1CC[C@@H](N)C1. The van der Waals surface area contributed by atoms with Crippen LogP contribution in [0.5, 0.6) is 0 Å². The predicted octanol–water partition coefficient (Wildman–Crippen LogP) is 4.16. The van der Waals surface area contributed by atoms with Crippen molar-refractivity contribution in [3.63, 3.8) is 0 Å². The van der Waals surface area contributed by atoms with E-state index in [1.165, 1.54) is 23.0 Å². The Kier molecular flexibility index (Phi) is 9.32. The zero-order chi connectivity index (χ0) is 32.3. The van der Waals surface area contributed by atoms with E-state index < -0.39 is 30.4 Å². The van der Waals surface area contributed by atoms with E-state index in [2.05, 4.69) is 31.0 Å². The summed E-state index contributed by atoms with van der Waals surface area (Å²) < 4.78 is 68.9. The molecular formula is C29H32F5N9O2. The summed E-state index contributed by atoms with van der Waals surface area (Å²) in [6, 6.07) is 5.10. The molecule has 0 unspecified atom stereocenters. The van der Waals surface area contributed by atoms with Crippen molar-refractivity contribution >= 4 is 29.0 Å². The van der Waals surface area contributed by atoms with Crippen LogP contribution in [-0.4, -0.2) is 61.5 Å². The summed E-state index contributed by atoms with van der Waals surface area (Å²) in [5.74, 6) is -0.236. The van der Waals surface area contributed by atoms with E-state index in [0.717, 1.165) is 24.6 Å². The lowest BCUT2D eigenvalue weighted by Gasteiger charge is -2.14. The number of amides is 2. The first-order valence-corrected chi connectivity index (χ1v) is 14.4. The highest BCUT2D eigenvalue weighted by Crippen LogP contribution is 2.37. The number of benzene rings is 1. The molecule has 2 atom stereocenters. The molecule has 0 saturated heterocycles. The summed E-state index contributed by atoms with van der Waals surface area (Å²) in [7, 11) is 0. The third-order valence-electron chi connectivity index (χ3n) is 7.61. The van der Waals surface area contributed by atoms with Gasteiger partial charge in [-0.15, -0.1) is 0 Å². The molecule has 1 saturated carbocycles. The summed E-state index contributed by atoms with van der Waals surface area (Å²) in [5, 5.41) is 12.1. The number of anilines is 2. The van der Waals surface area contributed by atoms with Gasteiger partial charge in [0.05, 0.1) is 17.5 Å². The van der Waals surface area contributed by atoms with Gasteiger partial charge in [0, 0.05) is 54.9 Å². The largest absolute Gasteiger partial charge is 0.435 e. The second-order valence-electron chi connectivity index (χ2n) is 10.8. The Bertz CT molecular complexity index is 1680. The summed E-state index contributed by atoms with van der Waals surface area (Å²) in [5.41, 5.74) is 6.07. The molecule has 5 rings (SSSR count). The second-order valence-corrected chi connectivity index (χ2v) is 10.8. The van der Waals surface area contributed by atoms with Crippen LogP contribution in [0.25, 0.3) is 16.9 Å². The number of imidazole rings is 1. The molecule has 240 valence electrons. The summed E-state index contributed by atoms with van der Waals surface area (Å²) in [6.45, 7) is 1.43. The fourth-order valence-electron chi connectivity index (χ4n) is 5.44. The Labute approximate surface area is 254 Å². The Morgan fingerprint density at radius 2 is 1.91 bits per heavy atom. The minimum Gasteiger partial charge on any atom is -0.354 e. The van der Waals surface area contributed by atoms with Crippen molar-refractivity contribution in [3.8, 4) is 11.3 Å². The molecule has 1 fully saturated rings. The van der Waals surface area contributed by atoms with E-state index in [1.54, 1.807) is 18.2 Å². The standard InChI is InChI=1S/C29H32F5N9O2/c1-2-16-12-19(5-6-20(16)28(45)38-8-7-37-27(44)17-3-4-18(35)11-17)40-25-26-39-13-22(43(26)10-9-36-25)21-14-42(15-23(30)31)41-24(21)29(32,33)34/h5-6,9-10,12-14,17-18,23H,2-4,7-8,11,15,35H2,1H3,(H,36,40)(H,37,44)(H,38,45)/t17-,18+/m0/s1. The second kappa shape index (κ2) is 13.2. The van der Waals surface area contributed by atoms with Crippen LogP contribution in [0.15, 0.2) is 43.0 Å². The molecule has 0 aliphatic heterocycles. The number of carbonyl (C=O) groups is 2. The number of nitrogens with zero attached hydrogens (tertiary/aromatic N) is 5. The summed E-state index contributed by atoms with van der Waals surface area (Å²) in [4.78, 5) is 33.7. The normalized spacial score (nSPS) is 16.8. The van der Waals surface area contributed by atoms with Crippen LogP contribution < -0.4 is 21.7 Å². The first-order chi connectivity index (χ1) is 21.4. The Morgan fingerprint density at radius 1 is 1.13 bits per heavy atom. The lowest BCUT2D eigenvalue weighted by atomic mass is 10.0. The van der Waals surface area contributed by atoms with Gasteiger partial charge >= 0.3 is 6.18 Å². The molecule has 3 heterocycles. The van der Waals surface area contributed by atoms with Gasteiger partial charge in [-0.1, -0.05) is 6.92 Å². The van der Waals surface area contributed by atoms with Crippen LogP contribution in [0, 0.1) is 5.92 Å². The average molecular weight is 634 g/mol. The third-order valence-corrected chi connectivity index (χ3v) is 7.61. The van der Waals surface area contributed by atoms with Crippen molar-refractivity contribution in [2.24, 2.45) is 11.7 Å². The Morgan fingerprint density at radius 3 is 2.60 bits per heavy atom. The number of nitrogens with two attached hydrogens (primary N) is 1. The first kappa shape index (κ1) is 31.8. The van der Waals surface area contributed by atoms with Crippen LogP contribution in [-0.2, 0) is 23.9 Å². The number of carbonyl (C=O) groups excluding carboxylic acids is 2. The molecular weight excluding hydrogens is 601 g/mol. The van der Waals surface area contributed by atoms with Crippen LogP contribution in [0.2, 0.25) is 0 Å². The van der Waals surface area contributed by atoms with Gasteiger partial charge in [0.2, 0.25) is 5.91 Å². The molecule has 4 aromatic rings. The molecule has 0 bridgehead atoms. The molecule has 1 aliphatic carbocycles. The van der Waals surface area contributed by atoms with E-state index in [1.807, 2.05) is 6.92 Å². The number of hydrogen-bond donors (Lipinski definition) is 4. The Hall–Kier alpha value is -4.60. The molecule has 5 N–H and O–H groups in total. The highest BCUT2D eigenvalue weighted by Gasteiger charge is 2.38. The minimum atomic E-state index is -4.89. The predicted molar refractivity (Wildman–Crippen MR) is 155 cm³/mol. The van der Waals surface area contributed by atoms with Crippen molar-refractivity contribution < 1.29 is 31.5 Å². The van der Waals surface area contributed by atoms with Crippen molar-refractivity contribution in [2.45, 2.75) is 57.8 Å². The summed E-state index contributed by atoms with van der Waals surface area (Å²) in [6.07, 6.45) is -0.120. The molecule has 16 heteroatoms. The number of nitrogens with one attached hydrogen (secondary N) is 3. The van der Waals surface area contributed by atoms with Gasteiger partial charge < -0.3 is 21.7 Å². The topological polar surface area (TPSA) is 144 Å². The van der Waals surface area contributed by atoms with Crippen LogP contribution in [0.1, 0.15) is 47.8 Å². The number of fused-ring (bicyclic) bond motifs is 1. The van der Waals surface area contributed by atoms with Gasteiger partial charge in [0.1, 0.15) is 6.54 Å². The number of hydrogen-bond acceptors (Lipinski definition) is 7. The van der Waals surface area contributed by atoms with Gasteiger partial charge in [-0.05, 0) is 49.4 Å². The van der Waals surface area contributed by atoms with Crippen molar-refractivity contribution in [1.29, 1.82) is 0 Å². The lowest BCUT2D eigenvalue weighted by Crippen LogP contribution is -2.37. The number of rotatable bonds is 11. The van der Waals surface area contributed by atoms with E-state index in [-0.39, 0.29) is 54.0 Å². The zero-order valence-electron chi connectivity index (χ0n) is 24.2. The van der Waals surface area contributed by atoms with E-state index in [0.29, 0.717) is 28.8 Å². The maximum atomic E-state index is 13.7. The molecule has 1 aromatic carbocycles. The van der Waals surface area contributed by atoms with Crippen LogP contribution >= 0.6 is 0 Å². The first-order valence-electron chi connectivity index (χ1n) is 14.4. The highest BCUT2D eigenvalue weighted by molar-refractivity contribution is 5.96. The zero-order valence-corrected chi connectivity index (χ0v) is 24.2. The van der Waals surface area contributed by atoms with Gasteiger partial charge in [0.25, 0.3) is 12.3 Å². The van der Waals surface area contributed by atoms with Crippen LogP contribution in [0.3, 0.4) is 0 Å². The van der Waals surface area contributed by atoms with Crippen LogP contribution in [0.4, 0.5) is 33.5 Å². The molecule has 1 aliphatic rings. The number of alkyl halides is 5. The van der Waals surface area contributed by atoms with Gasteiger partial charge in [0.15, 0.2) is 17.2 Å². The molecule has 45 heavy (non-hydrogen) atoms. The monoisotopic (exact) mass is 633 g/mol. The Balaban J connectivity index is 1.29. The maximum Gasteiger partial charge on any atom is 0.435 e. The molecule has 3 aromatic heterocycles. The highest BCUT2D eigenvalue weighted by atomic mass is 19.4. The molecule has 2 amide bonds. The molecule has 11 nitrogen and oxygen atoms in total. The fourth-order valence-corrected chi connectivity index (χ4v) is 5.44. The van der Waals surface area contributed by atoms with E-state index in [9.17, 15) is 31.5 Å². The van der Waals surface area contributed by atoms with Crippen molar-refractivity contribution in [1.82, 2.24) is 34.8 Å². The molecule has 0 spiro atoms. The number of aromatic nitrogens is 5. The smallest absolute Gasteiger partial charge is 0.354 e. The third kappa shape index (κ3) is 7.21. The molecule has 0 radical (unpaired) electrons. The number of aryl methyl sites for hydroxylation is 1. The minimum absolute atomic E-state index is 0.00688. The fraction of sp³-hybridized carbons (Fsp3) is 0.414. The van der Waals surface area contributed by atoms with Crippen molar-refractivity contribution in [2.75, 3.05) is 18.4 Å². The lowest BCUT2D eigenvalue weighted by molar-refractivity contribution is -0.141. The average Bonchev–Trinajstić information content (AvgIpc) is 3.73. The van der Waals surface area contributed by atoms with Gasteiger partial charge in [-0.3, -0.25) is 18.7 Å². The van der Waals surface area contributed by atoms with Gasteiger partial charge in [-0.2, -0.15) is 18.3 Å².